The third-order valence-electron chi connectivity index (χ3n) is 5.59. The molecule has 0 radical (unpaired) electrons. The first-order valence-corrected chi connectivity index (χ1v) is 10.3. The first kappa shape index (κ1) is 21.0. The average Bonchev–Trinajstić information content (AvgIpc) is 3.42. The number of carbonyl (C=O) groups is 2. The third-order valence-corrected chi connectivity index (χ3v) is 5.59. The average molecular weight is 429 g/mol. The lowest BCUT2D eigenvalue weighted by atomic mass is 9.84. The third kappa shape index (κ3) is 4.45. The zero-order valence-electron chi connectivity index (χ0n) is 17.9. The van der Waals surface area contributed by atoms with E-state index in [0.717, 1.165) is 5.56 Å². The van der Waals surface area contributed by atoms with Crippen LogP contribution in [0.4, 0.5) is 4.79 Å². The van der Waals surface area contributed by atoms with Crippen LogP contribution in [0, 0.1) is 5.92 Å². The molecule has 9 heteroatoms. The van der Waals surface area contributed by atoms with Gasteiger partial charge in [-0.3, -0.25) is 9.48 Å². The van der Waals surface area contributed by atoms with E-state index in [9.17, 15) is 14.7 Å². The number of carbonyl (C=O) groups excluding carboxylic acids is 1. The van der Waals surface area contributed by atoms with Crippen molar-refractivity contribution in [3.63, 3.8) is 0 Å². The van der Waals surface area contributed by atoms with Crippen LogP contribution in [-0.4, -0.2) is 56.8 Å². The molecule has 9 nitrogen and oxygen atoms in total. The van der Waals surface area contributed by atoms with E-state index in [-0.39, 0.29) is 13.3 Å². The number of hydrogen-bond donors (Lipinski definition) is 1. The number of aryl methyl sites for hydroxylation is 1. The number of likely N-dealkylation sites (tertiary alicyclic amines) is 1. The van der Waals surface area contributed by atoms with Crippen molar-refractivity contribution < 1.29 is 28.9 Å². The predicted molar refractivity (Wildman–Crippen MR) is 110 cm³/mol. The lowest BCUT2D eigenvalue weighted by Crippen LogP contribution is -2.43. The molecule has 166 valence electrons. The molecule has 1 N–H and O–H groups in total. The van der Waals surface area contributed by atoms with Gasteiger partial charge in [-0.1, -0.05) is 6.07 Å². The molecule has 0 saturated carbocycles. The van der Waals surface area contributed by atoms with E-state index >= 15 is 0 Å². The lowest BCUT2D eigenvalue weighted by molar-refractivity contribution is -0.143. The van der Waals surface area contributed by atoms with Gasteiger partial charge in [0, 0.05) is 31.4 Å². The van der Waals surface area contributed by atoms with E-state index in [1.54, 1.807) is 42.6 Å². The zero-order valence-corrected chi connectivity index (χ0v) is 17.9. The summed E-state index contributed by atoms with van der Waals surface area (Å²) < 4.78 is 18.2. The fraction of sp³-hybridized carbons (Fsp3) is 0.500. The summed E-state index contributed by atoms with van der Waals surface area (Å²) >= 11 is 0. The molecule has 1 amide bonds. The number of ether oxygens (including phenoxy) is 3. The Kier molecular flexibility index (Phi) is 5.51. The second-order valence-corrected chi connectivity index (χ2v) is 8.84. The Morgan fingerprint density at radius 2 is 2.03 bits per heavy atom. The molecule has 3 heterocycles. The molecule has 2 aromatic rings. The summed E-state index contributed by atoms with van der Waals surface area (Å²) in [5, 5.41) is 14.3. The Bertz CT molecular complexity index is 953. The van der Waals surface area contributed by atoms with Crippen LogP contribution in [-0.2, 0) is 16.1 Å². The van der Waals surface area contributed by atoms with Gasteiger partial charge in [-0.05, 0) is 51.0 Å². The highest BCUT2D eigenvalue weighted by molar-refractivity contribution is 5.77. The molecule has 3 atom stereocenters. The van der Waals surface area contributed by atoms with E-state index < -0.39 is 35.5 Å². The summed E-state index contributed by atoms with van der Waals surface area (Å²) in [4.78, 5) is 27.0. The molecule has 0 aliphatic carbocycles. The van der Waals surface area contributed by atoms with Gasteiger partial charge in [0.2, 0.25) is 6.79 Å². The number of nitrogens with zero attached hydrogens (tertiary/aromatic N) is 3. The quantitative estimate of drug-likeness (QED) is 0.779. The molecule has 0 unspecified atom stereocenters. The van der Waals surface area contributed by atoms with Gasteiger partial charge in [-0.25, -0.2) is 4.79 Å². The maximum Gasteiger partial charge on any atom is 0.410 e. The molecule has 4 rings (SSSR count). The van der Waals surface area contributed by atoms with Gasteiger partial charge in [0.15, 0.2) is 11.5 Å². The predicted octanol–water partition coefficient (Wildman–Crippen LogP) is 3.11. The SMILES string of the molecule is CC(C)(C)OC(=O)N1C[C@H](c2ccc3c(c2)OCO3)[C@@H](C(=O)O)[C@@H]1CCn1cccn1. The molecular formula is C22H27N3O6. The van der Waals surface area contributed by atoms with Gasteiger partial charge in [0.1, 0.15) is 5.60 Å². The highest BCUT2D eigenvalue weighted by atomic mass is 16.7. The lowest BCUT2D eigenvalue weighted by Gasteiger charge is -2.29. The number of carboxylic acid groups (broad SMARTS) is 1. The van der Waals surface area contributed by atoms with Crippen molar-refractivity contribution in [1.82, 2.24) is 14.7 Å². The topological polar surface area (TPSA) is 103 Å². The molecule has 1 saturated heterocycles. The fourth-order valence-electron chi connectivity index (χ4n) is 4.28. The molecule has 31 heavy (non-hydrogen) atoms. The fourth-order valence-corrected chi connectivity index (χ4v) is 4.28. The molecule has 0 bridgehead atoms. The molecule has 2 aliphatic rings. The molecule has 1 aromatic heterocycles. The van der Waals surface area contributed by atoms with Crippen LogP contribution >= 0.6 is 0 Å². The van der Waals surface area contributed by atoms with Crippen molar-refractivity contribution in [3.05, 3.63) is 42.2 Å². The van der Waals surface area contributed by atoms with E-state index in [1.165, 1.54) is 0 Å². The summed E-state index contributed by atoms with van der Waals surface area (Å²) in [6, 6.07) is 6.71. The van der Waals surface area contributed by atoms with Crippen molar-refractivity contribution in [3.8, 4) is 11.5 Å². The number of benzene rings is 1. The summed E-state index contributed by atoms with van der Waals surface area (Å²) in [5.74, 6) is -0.914. The Hall–Kier alpha value is -3.23. The first-order valence-electron chi connectivity index (χ1n) is 10.3. The van der Waals surface area contributed by atoms with E-state index in [4.69, 9.17) is 14.2 Å². The van der Waals surface area contributed by atoms with Gasteiger partial charge in [-0.15, -0.1) is 0 Å². The summed E-state index contributed by atoms with van der Waals surface area (Å²) in [7, 11) is 0. The normalized spacial score (nSPS) is 22.5. The van der Waals surface area contributed by atoms with Crippen LogP contribution in [0.15, 0.2) is 36.7 Å². The summed E-state index contributed by atoms with van der Waals surface area (Å²) in [6.07, 6.45) is 3.42. The maximum absolute atomic E-state index is 13.0. The Morgan fingerprint density at radius 3 is 2.71 bits per heavy atom. The standard InChI is InChI=1S/C22H27N3O6/c1-22(2,3)31-21(28)25-12-15(14-5-6-17-18(11-14)30-13-29-17)19(20(26)27)16(25)7-10-24-9-4-8-23-24/h4-6,8-9,11,15-16,19H,7,10,12-13H2,1-3H3,(H,26,27)/t15-,16+,19-/m1/s1. The van der Waals surface area contributed by atoms with Crippen molar-refractivity contribution in [2.75, 3.05) is 13.3 Å². The second-order valence-electron chi connectivity index (χ2n) is 8.84. The summed E-state index contributed by atoms with van der Waals surface area (Å²) in [6.45, 7) is 6.27. The van der Waals surface area contributed by atoms with Crippen molar-refractivity contribution in [2.24, 2.45) is 5.92 Å². The number of fused-ring (bicyclic) bond motifs is 1. The molecule has 0 spiro atoms. The number of rotatable bonds is 5. The highest BCUT2D eigenvalue weighted by Gasteiger charge is 2.49. The minimum atomic E-state index is -0.945. The van der Waals surface area contributed by atoms with Crippen LogP contribution < -0.4 is 9.47 Å². The zero-order chi connectivity index (χ0) is 22.2. The Balaban J connectivity index is 1.65. The highest BCUT2D eigenvalue weighted by Crippen LogP contribution is 2.43. The van der Waals surface area contributed by atoms with E-state index in [2.05, 4.69) is 5.10 Å². The molecule has 1 fully saturated rings. The second kappa shape index (κ2) is 8.13. The minimum absolute atomic E-state index is 0.141. The van der Waals surface area contributed by atoms with Gasteiger partial charge in [0.25, 0.3) is 0 Å². The maximum atomic E-state index is 13.0. The van der Waals surface area contributed by atoms with Crippen LogP contribution in [0.2, 0.25) is 0 Å². The first-order chi connectivity index (χ1) is 14.7. The van der Waals surface area contributed by atoms with Crippen molar-refractivity contribution in [1.29, 1.82) is 0 Å². The van der Waals surface area contributed by atoms with Gasteiger partial charge in [0.05, 0.1) is 12.0 Å². The Labute approximate surface area is 180 Å². The van der Waals surface area contributed by atoms with Crippen LogP contribution in [0.1, 0.15) is 38.7 Å². The van der Waals surface area contributed by atoms with Gasteiger partial charge >= 0.3 is 12.1 Å². The number of aliphatic carboxylic acids is 1. The molecule has 2 aliphatic heterocycles. The molecular weight excluding hydrogens is 402 g/mol. The van der Waals surface area contributed by atoms with Crippen molar-refractivity contribution >= 4 is 12.1 Å². The molecule has 1 aromatic carbocycles. The van der Waals surface area contributed by atoms with Gasteiger partial charge in [-0.2, -0.15) is 5.10 Å². The Morgan fingerprint density at radius 1 is 1.26 bits per heavy atom. The summed E-state index contributed by atoms with van der Waals surface area (Å²) in [5.41, 5.74) is 0.117. The van der Waals surface area contributed by atoms with Crippen molar-refractivity contribution in [2.45, 2.75) is 51.3 Å². The number of aromatic nitrogens is 2. The van der Waals surface area contributed by atoms with E-state index in [0.29, 0.717) is 24.5 Å². The number of carboxylic acids is 1. The van der Waals surface area contributed by atoms with Crippen LogP contribution in [0.5, 0.6) is 11.5 Å². The van der Waals surface area contributed by atoms with E-state index in [1.807, 2.05) is 24.4 Å². The van der Waals surface area contributed by atoms with Crippen LogP contribution in [0.25, 0.3) is 0 Å². The number of hydrogen-bond acceptors (Lipinski definition) is 6. The smallest absolute Gasteiger partial charge is 0.410 e. The van der Waals surface area contributed by atoms with Crippen LogP contribution in [0.3, 0.4) is 0 Å². The largest absolute Gasteiger partial charge is 0.481 e. The van der Waals surface area contributed by atoms with Gasteiger partial charge < -0.3 is 24.2 Å². The minimum Gasteiger partial charge on any atom is -0.481 e. The number of amides is 1. The monoisotopic (exact) mass is 429 g/mol.